The Hall–Kier alpha value is -2.05. The third-order valence-electron chi connectivity index (χ3n) is 2.97. The van der Waals surface area contributed by atoms with Gasteiger partial charge >= 0.3 is 0 Å². The van der Waals surface area contributed by atoms with E-state index in [0.717, 1.165) is 5.56 Å². The van der Waals surface area contributed by atoms with E-state index in [0.29, 0.717) is 10.7 Å². The molecule has 22 heavy (non-hydrogen) atoms. The third-order valence-corrected chi connectivity index (χ3v) is 4.62. The maximum absolute atomic E-state index is 12.2. The van der Waals surface area contributed by atoms with E-state index in [-0.39, 0.29) is 17.2 Å². The number of hydrogen-bond donors (Lipinski definition) is 2. The number of hydrogen-bond acceptors (Lipinski definition) is 3. The maximum Gasteiger partial charge on any atom is 0.261 e. The number of nitrogens with one attached hydrogen (secondary N) is 2. The molecule has 116 valence electrons. The minimum absolute atomic E-state index is 0.102. The molecular weight excluding hydrogens is 324 g/mol. The first kappa shape index (κ1) is 16.3. The second-order valence-corrected chi connectivity index (χ2v) is 6.73. The number of likely N-dealkylation sites (N-methyl/N-ethyl adjacent to an activating group) is 1. The molecule has 0 spiro atoms. The van der Waals surface area contributed by atoms with Gasteiger partial charge in [-0.15, -0.1) is 0 Å². The first-order chi connectivity index (χ1) is 10.4. The van der Waals surface area contributed by atoms with E-state index in [4.69, 9.17) is 11.6 Å². The minimum atomic E-state index is -3.66. The summed E-state index contributed by atoms with van der Waals surface area (Å²) in [4.78, 5) is 11.4. The number of rotatable bonds is 5. The summed E-state index contributed by atoms with van der Waals surface area (Å²) in [7, 11) is -2.09. The fourth-order valence-corrected chi connectivity index (χ4v) is 2.98. The van der Waals surface area contributed by atoms with Gasteiger partial charge in [0.15, 0.2) is 0 Å². The van der Waals surface area contributed by atoms with Crippen molar-refractivity contribution in [2.75, 3.05) is 11.8 Å². The van der Waals surface area contributed by atoms with Crippen LogP contribution in [0, 0.1) is 0 Å². The quantitative estimate of drug-likeness (QED) is 0.879. The maximum atomic E-state index is 12.2. The van der Waals surface area contributed by atoms with Gasteiger partial charge in [0.1, 0.15) is 0 Å². The topological polar surface area (TPSA) is 75.3 Å². The van der Waals surface area contributed by atoms with Gasteiger partial charge in [0.2, 0.25) is 5.91 Å². The van der Waals surface area contributed by atoms with Crippen LogP contribution in [-0.4, -0.2) is 21.4 Å². The van der Waals surface area contributed by atoms with E-state index in [2.05, 4.69) is 10.0 Å². The molecule has 0 aliphatic rings. The molecule has 0 aliphatic carbocycles. The van der Waals surface area contributed by atoms with Crippen LogP contribution in [0.25, 0.3) is 0 Å². The molecule has 7 heteroatoms. The molecule has 0 bridgehead atoms. The Bertz CT molecular complexity index is 756. The Morgan fingerprint density at radius 1 is 1.05 bits per heavy atom. The van der Waals surface area contributed by atoms with Crippen LogP contribution in [-0.2, 0) is 21.2 Å². The zero-order valence-electron chi connectivity index (χ0n) is 11.8. The van der Waals surface area contributed by atoms with Crippen molar-refractivity contribution in [3.8, 4) is 0 Å². The summed E-state index contributed by atoms with van der Waals surface area (Å²) < 4.78 is 26.9. The van der Waals surface area contributed by atoms with Crippen molar-refractivity contribution >= 4 is 33.2 Å². The number of halogens is 1. The lowest BCUT2D eigenvalue weighted by atomic mass is 10.1. The second-order valence-electron chi connectivity index (χ2n) is 4.61. The van der Waals surface area contributed by atoms with Crippen molar-refractivity contribution in [2.24, 2.45) is 0 Å². The third kappa shape index (κ3) is 4.22. The van der Waals surface area contributed by atoms with Crippen LogP contribution in [0.3, 0.4) is 0 Å². The van der Waals surface area contributed by atoms with Crippen molar-refractivity contribution < 1.29 is 13.2 Å². The molecule has 0 saturated heterocycles. The lowest BCUT2D eigenvalue weighted by Crippen LogP contribution is -2.19. The van der Waals surface area contributed by atoms with E-state index >= 15 is 0 Å². The molecule has 0 aliphatic heterocycles. The van der Waals surface area contributed by atoms with E-state index in [9.17, 15) is 13.2 Å². The van der Waals surface area contributed by atoms with Crippen molar-refractivity contribution in [3.05, 3.63) is 59.1 Å². The van der Waals surface area contributed by atoms with Crippen LogP contribution in [0.15, 0.2) is 53.4 Å². The smallest absolute Gasteiger partial charge is 0.261 e. The Kier molecular flexibility index (Phi) is 5.05. The summed E-state index contributed by atoms with van der Waals surface area (Å²) in [6.45, 7) is 0. The molecule has 0 saturated carbocycles. The summed E-state index contributed by atoms with van der Waals surface area (Å²) in [5.41, 5.74) is 1.23. The number of anilines is 1. The van der Waals surface area contributed by atoms with Crippen molar-refractivity contribution in [3.63, 3.8) is 0 Å². The molecular formula is C15H15ClN2O3S. The van der Waals surface area contributed by atoms with Crippen LogP contribution in [0.4, 0.5) is 5.69 Å². The highest BCUT2D eigenvalue weighted by Crippen LogP contribution is 2.18. The zero-order chi connectivity index (χ0) is 16.2. The monoisotopic (exact) mass is 338 g/mol. The molecule has 0 atom stereocenters. The predicted octanol–water partition coefficient (Wildman–Crippen LogP) is 2.43. The van der Waals surface area contributed by atoms with E-state index < -0.39 is 10.0 Å². The highest BCUT2D eigenvalue weighted by atomic mass is 35.5. The molecule has 2 aromatic carbocycles. The molecule has 2 aromatic rings. The number of carbonyl (C=O) groups is 1. The molecule has 0 radical (unpaired) electrons. The fourth-order valence-electron chi connectivity index (χ4n) is 1.79. The van der Waals surface area contributed by atoms with E-state index in [1.165, 1.54) is 24.3 Å². The average molecular weight is 339 g/mol. The first-order valence-corrected chi connectivity index (χ1v) is 8.35. The SMILES string of the molecule is CNC(=O)Cc1ccc(NS(=O)(=O)c2ccc(Cl)cc2)cc1. The summed E-state index contributed by atoms with van der Waals surface area (Å²) >= 11 is 5.74. The van der Waals surface area contributed by atoms with Gasteiger partial charge in [-0.3, -0.25) is 9.52 Å². The highest BCUT2D eigenvalue weighted by molar-refractivity contribution is 7.92. The lowest BCUT2D eigenvalue weighted by Gasteiger charge is -2.09. The van der Waals surface area contributed by atoms with Crippen LogP contribution in [0.1, 0.15) is 5.56 Å². The van der Waals surface area contributed by atoms with E-state index in [1.807, 2.05) is 0 Å². The van der Waals surface area contributed by atoms with Crippen LogP contribution < -0.4 is 10.0 Å². The molecule has 2 rings (SSSR count). The van der Waals surface area contributed by atoms with Crippen molar-refractivity contribution in [2.45, 2.75) is 11.3 Å². The Morgan fingerprint density at radius 2 is 1.64 bits per heavy atom. The lowest BCUT2D eigenvalue weighted by molar-refractivity contribution is -0.119. The molecule has 0 heterocycles. The summed E-state index contributed by atoms with van der Waals surface area (Å²) in [6, 6.07) is 12.5. The van der Waals surface area contributed by atoms with Crippen molar-refractivity contribution in [1.29, 1.82) is 0 Å². The average Bonchev–Trinajstić information content (AvgIpc) is 2.49. The van der Waals surface area contributed by atoms with E-state index in [1.54, 1.807) is 31.3 Å². The van der Waals surface area contributed by atoms with Crippen LogP contribution in [0.5, 0.6) is 0 Å². The van der Waals surface area contributed by atoms with Gasteiger partial charge in [-0.05, 0) is 42.0 Å². The zero-order valence-corrected chi connectivity index (χ0v) is 13.4. The first-order valence-electron chi connectivity index (χ1n) is 6.48. The molecule has 0 fully saturated rings. The van der Waals surface area contributed by atoms with Crippen LogP contribution >= 0.6 is 11.6 Å². The Labute approximate surface area is 134 Å². The van der Waals surface area contributed by atoms with Crippen LogP contribution in [0.2, 0.25) is 5.02 Å². The van der Waals surface area contributed by atoms with Gasteiger partial charge in [-0.2, -0.15) is 0 Å². The predicted molar refractivity (Wildman–Crippen MR) is 86.5 cm³/mol. The van der Waals surface area contributed by atoms with Gasteiger partial charge in [0.05, 0.1) is 11.3 Å². The number of benzene rings is 2. The number of amides is 1. The van der Waals surface area contributed by atoms with Gasteiger partial charge in [0.25, 0.3) is 10.0 Å². The molecule has 0 unspecified atom stereocenters. The minimum Gasteiger partial charge on any atom is -0.359 e. The summed E-state index contributed by atoms with van der Waals surface area (Å²) in [6.07, 6.45) is 0.251. The molecule has 0 aromatic heterocycles. The van der Waals surface area contributed by atoms with Gasteiger partial charge < -0.3 is 5.32 Å². The normalized spacial score (nSPS) is 11.0. The molecule has 1 amide bonds. The molecule has 5 nitrogen and oxygen atoms in total. The number of carbonyl (C=O) groups excluding carboxylic acids is 1. The standard InChI is InChI=1S/C15H15ClN2O3S/c1-17-15(19)10-11-2-6-13(7-3-11)18-22(20,21)14-8-4-12(16)5-9-14/h2-9,18H,10H2,1H3,(H,17,19). The Morgan fingerprint density at radius 3 is 2.18 bits per heavy atom. The summed E-state index contributed by atoms with van der Waals surface area (Å²) in [5.74, 6) is -0.102. The van der Waals surface area contributed by atoms with Crippen molar-refractivity contribution in [1.82, 2.24) is 5.32 Å². The highest BCUT2D eigenvalue weighted by Gasteiger charge is 2.13. The molecule has 2 N–H and O–H groups in total. The Balaban J connectivity index is 2.13. The second kappa shape index (κ2) is 6.81. The largest absolute Gasteiger partial charge is 0.359 e. The van der Waals surface area contributed by atoms with Gasteiger partial charge in [0, 0.05) is 17.8 Å². The summed E-state index contributed by atoms with van der Waals surface area (Å²) in [5, 5.41) is 3.00. The van der Waals surface area contributed by atoms with Gasteiger partial charge in [-0.25, -0.2) is 8.42 Å². The fraction of sp³-hybridized carbons (Fsp3) is 0.133. The number of sulfonamides is 1. The van der Waals surface area contributed by atoms with Gasteiger partial charge in [-0.1, -0.05) is 23.7 Å².